The molecule has 1 aromatic heterocycles. The summed E-state index contributed by atoms with van der Waals surface area (Å²) in [5.74, 6) is 0.854. The predicted octanol–water partition coefficient (Wildman–Crippen LogP) is 1.05. The van der Waals surface area contributed by atoms with Crippen molar-refractivity contribution in [2.75, 3.05) is 32.6 Å². The number of benzene rings is 1. The van der Waals surface area contributed by atoms with E-state index in [2.05, 4.69) is 14.5 Å². The van der Waals surface area contributed by atoms with Crippen molar-refractivity contribution in [1.82, 2.24) is 14.5 Å². The molecular weight excluding hydrogens is 410 g/mol. The average Bonchev–Trinajstić information content (AvgIpc) is 3.35. The van der Waals surface area contributed by atoms with Gasteiger partial charge in [0.05, 0.1) is 17.6 Å². The molecule has 0 radical (unpaired) electrons. The van der Waals surface area contributed by atoms with Gasteiger partial charge in [-0.3, -0.25) is 9.69 Å². The Morgan fingerprint density at radius 3 is 2.57 bits per heavy atom. The Hall–Kier alpha value is -2.27. The van der Waals surface area contributed by atoms with Crippen LogP contribution in [0.15, 0.2) is 41.6 Å². The number of aromatic nitrogens is 2. The number of sulfone groups is 1. The summed E-state index contributed by atoms with van der Waals surface area (Å²) in [4.78, 5) is 15.6. The Labute approximate surface area is 175 Å². The summed E-state index contributed by atoms with van der Waals surface area (Å²) in [7, 11) is -3.20. The number of carbonyl (C=O) groups is 1. The second-order valence-corrected chi connectivity index (χ2v) is 9.54. The Balaban J connectivity index is 0.000000806. The molecule has 0 aliphatic carbocycles. The number of hydrogen-bond donors (Lipinski definition) is 2. The number of ether oxygens (including phenoxy) is 1. The van der Waals surface area contributed by atoms with Gasteiger partial charge < -0.3 is 19.5 Å². The van der Waals surface area contributed by atoms with Crippen molar-refractivity contribution in [1.29, 1.82) is 0 Å². The van der Waals surface area contributed by atoms with E-state index < -0.39 is 9.84 Å². The van der Waals surface area contributed by atoms with Gasteiger partial charge in [0.25, 0.3) is 6.47 Å². The number of rotatable bonds is 5. The highest BCUT2D eigenvalue weighted by molar-refractivity contribution is 7.90. The lowest BCUT2D eigenvalue weighted by Gasteiger charge is -2.34. The molecule has 1 aromatic carbocycles. The van der Waals surface area contributed by atoms with Gasteiger partial charge in [0.1, 0.15) is 5.82 Å². The molecule has 2 aliphatic heterocycles. The van der Waals surface area contributed by atoms with Crippen LogP contribution in [0.1, 0.15) is 18.9 Å². The summed E-state index contributed by atoms with van der Waals surface area (Å²) in [5.41, 5.74) is 0.909. The van der Waals surface area contributed by atoms with Crippen molar-refractivity contribution in [3.8, 4) is 11.4 Å². The van der Waals surface area contributed by atoms with Crippen LogP contribution in [-0.2, 0) is 19.4 Å². The van der Waals surface area contributed by atoms with Gasteiger partial charge in [-0.2, -0.15) is 0 Å². The van der Waals surface area contributed by atoms with Crippen LogP contribution in [0, 0.1) is 0 Å². The maximum atomic E-state index is 11.7. The maximum absolute atomic E-state index is 11.7. The number of morpholine rings is 1. The minimum atomic E-state index is -3.20. The smallest absolute Gasteiger partial charge is 0.290 e. The van der Waals surface area contributed by atoms with Crippen LogP contribution in [0.5, 0.6) is 0 Å². The lowest BCUT2D eigenvalue weighted by Crippen LogP contribution is -2.46. The van der Waals surface area contributed by atoms with E-state index in [1.807, 2.05) is 18.3 Å². The molecule has 0 bridgehead atoms. The fourth-order valence-corrected chi connectivity index (χ4v) is 4.75. The molecule has 30 heavy (non-hydrogen) atoms. The summed E-state index contributed by atoms with van der Waals surface area (Å²) in [6, 6.07) is 7.60. The number of imidazole rings is 1. The zero-order valence-electron chi connectivity index (χ0n) is 16.8. The highest BCUT2D eigenvalue weighted by atomic mass is 32.2. The Morgan fingerprint density at radius 2 is 1.93 bits per heavy atom. The van der Waals surface area contributed by atoms with Crippen molar-refractivity contribution < 1.29 is 28.2 Å². The highest BCUT2D eigenvalue weighted by Gasteiger charge is 2.38. The van der Waals surface area contributed by atoms with Gasteiger partial charge in [0, 0.05) is 56.0 Å². The van der Waals surface area contributed by atoms with Crippen molar-refractivity contribution >= 4 is 16.3 Å². The number of carboxylic acid groups (broad SMARTS) is 1. The van der Waals surface area contributed by atoms with Crippen LogP contribution >= 0.6 is 0 Å². The number of hydrogen-bond acceptors (Lipinski definition) is 7. The normalized spacial score (nSPS) is 24.0. The van der Waals surface area contributed by atoms with E-state index in [1.165, 1.54) is 6.26 Å². The summed E-state index contributed by atoms with van der Waals surface area (Å²) in [6.07, 6.45) is 6.78. The first-order chi connectivity index (χ1) is 14.4. The molecule has 10 heteroatoms. The van der Waals surface area contributed by atoms with Crippen molar-refractivity contribution in [3.05, 3.63) is 36.7 Å². The van der Waals surface area contributed by atoms with Crippen LogP contribution in [-0.4, -0.2) is 84.3 Å². The third-order valence-electron chi connectivity index (χ3n) is 5.52. The Bertz CT molecular complexity index is 944. The van der Waals surface area contributed by atoms with E-state index >= 15 is 0 Å². The SMILES string of the molecule is CS(=O)(=O)c1ccc(-c2nccn2[C@@H]2C[C@H]3CO[C@@H](CCO)CN3C2)cc1.O=CO. The number of nitrogens with zero attached hydrogens (tertiary/aromatic N) is 3. The van der Waals surface area contributed by atoms with E-state index in [1.54, 1.807) is 18.3 Å². The zero-order valence-corrected chi connectivity index (χ0v) is 17.6. The Morgan fingerprint density at radius 1 is 1.23 bits per heavy atom. The molecule has 2 fully saturated rings. The van der Waals surface area contributed by atoms with Crippen LogP contribution in [0.2, 0.25) is 0 Å². The number of aliphatic hydroxyl groups excluding tert-OH is 1. The van der Waals surface area contributed by atoms with E-state index in [4.69, 9.17) is 19.7 Å². The van der Waals surface area contributed by atoms with Crippen molar-refractivity contribution in [3.63, 3.8) is 0 Å². The highest BCUT2D eigenvalue weighted by Crippen LogP contribution is 2.33. The second-order valence-electron chi connectivity index (χ2n) is 7.52. The van der Waals surface area contributed by atoms with E-state index in [9.17, 15) is 8.42 Å². The summed E-state index contributed by atoms with van der Waals surface area (Å²) >= 11 is 0. The molecule has 0 unspecified atom stereocenters. The molecule has 2 N–H and O–H groups in total. The Kier molecular flexibility index (Phi) is 7.24. The molecule has 2 aliphatic rings. The zero-order chi connectivity index (χ0) is 21.7. The van der Waals surface area contributed by atoms with Crippen molar-refractivity contribution in [2.24, 2.45) is 0 Å². The minimum Gasteiger partial charge on any atom is -0.483 e. The first kappa shape index (κ1) is 22.4. The molecule has 3 heterocycles. The topological polar surface area (TPSA) is 122 Å². The molecule has 0 amide bonds. The van der Waals surface area contributed by atoms with E-state index in [0.29, 0.717) is 30.0 Å². The molecule has 0 saturated carbocycles. The third kappa shape index (κ3) is 5.07. The second kappa shape index (κ2) is 9.69. The number of fused-ring (bicyclic) bond motifs is 1. The van der Waals surface area contributed by atoms with Crippen LogP contribution in [0.3, 0.4) is 0 Å². The molecule has 2 aromatic rings. The molecule has 3 atom stereocenters. The first-order valence-electron chi connectivity index (χ1n) is 9.75. The van der Waals surface area contributed by atoms with Gasteiger partial charge >= 0.3 is 0 Å². The largest absolute Gasteiger partial charge is 0.483 e. The quantitative estimate of drug-likeness (QED) is 0.666. The molecule has 164 valence electrons. The average molecular weight is 438 g/mol. The fourth-order valence-electron chi connectivity index (χ4n) is 4.12. The summed E-state index contributed by atoms with van der Waals surface area (Å²) in [6.45, 7) is 2.39. The lowest BCUT2D eigenvalue weighted by molar-refractivity contribution is -0.122. The van der Waals surface area contributed by atoms with Gasteiger partial charge in [0.15, 0.2) is 9.84 Å². The predicted molar refractivity (Wildman–Crippen MR) is 110 cm³/mol. The number of aliphatic hydroxyl groups is 1. The van der Waals surface area contributed by atoms with Gasteiger partial charge in [-0.15, -0.1) is 0 Å². The molecule has 2 saturated heterocycles. The summed E-state index contributed by atoms with van der Waals surface area (Å²) < 4.78 is 31.4. The standard InChI is InChI=1S/C19H25N3O4S.CH2O2/c1-27(24,25)18-4-2-14(3-5-18)19-20-7-8-22(19)15-10-16-13-26-17(6-9-23)12-21(16)11-15;2-1-3/h2-5,7-8,15-17,23H,6,9-13H2,1H3;1H,(H,2,3)/t15-,16+,17+;/m1./s1. The molecular formula is C20H27N3O6S. The van der Waals surface area contributed by atoms with Gasteiger partial charge in [-0.25, -0.2) is 13.4 Å². The van der Waals surface area contributed by atoms with Gasteiger partial charge in [-0.05, 0) is 37.1 Å². The molecule has 4 rings (SSSR count). The van der Waals surface area contributed by atoms with Crippen LogP contribution < -0.4 is 0 Å². The summed E-state index contributed by atoms with van der Waals surface area (Å²) in [5, 5.41) is 16.0. The molecule has 0 spiro atoms. The van der Waals surface area contributed by atoms with E-state index in [0.717, 1.165) is 30.9 Å². The minimum absolute atomic E-state index is 0.107. The first-order valence-corrected chi connectivity index (χ1v) is 11.6. The maximum Gasteiger partial charge on any atom is 0.290 e. The lowest BCUT2D eigenvalue weighted by atomic mass is 10.1. The monoisotopic (exact) mass is 437 g/mol. The van der Waals surface area contributed by atoms with Gasteiger partial charge in [0.2, 0.25) is 0 Å². The van der Waals surface area contributed by atoms with Gasteiger partial charge in [-0.1, -0.05) is 0 Å². The fraction of sp³-hybridized carbons (Fsp3) is 0.500. The van der Waals surface area contributed by atoms with Crippen molar-refractivity contribution in [2.45, 2.75) is 35.9 Å². The third-order valence-corrected chi connectivity index (χ3v) is 6.65. The molecule has 9 nitrogen and oxygen atoms in total. The van der Waals surface area contributed by atoms with E-state index in [-0.39, 0.29) is 19.2 Å². The van der Waals surface area contributed by atoms with Crippen LogP contribution in [0.25, 0.3) is 11.4 Å². The van der Waals surface area contributed by atoms with Crippen LogP contribution in [0.4, 0.5) is 0 Å².